The van der Waals surface area contributed by atoms with Gasteiger partial charge in [0.1, 0.15) is 4.88 Å². The molecular formula is C16H21N5OS. The number of piperidine rings is 1. The summed E-state index contributed by atoms with van der Waals surface area (Å²) in [5.41, 5.74) is 1.81. The largest absolute Gasteiger partial charge is 0.330 e. The van der Waals surface area contributed by atoms with Crippen molar-refractivity contribution in [2.24, 2.45) is 0 Å². The van der Waals surface area contributed by atoms with Gasteiger partial charge in [-0.1, -0.05) is 4.49 Å². The number of hydrogen-bond acceptors (Lipinski definition) is 6. The molecule has 3 rings (SSSR count). The van der Waals surface area contributed by atoms with Gasteiger partial charge in [0.05, 0.1) is 5.69 Å². The fourth-order valence-electron chi connectivity index (χ4n) is 2.92. The van der Waals surface area contributed by atoms with Gasteiger partial charge in [0, 0.05) is 25.0 Å². The fourth-order valence-corrected chi connectivity index (χ4v) is 3.53. The zero-order valence-electron chi connectivity index (χ0n) is 13.5. The zero-order valence-corrected chi connectivity index (χ0v) is 14.3. The number of nitrogens with zero attached hydrogens (tertiary/aromatic N) is 5. The van der Waals surface area contributed by atoms with Crippen molar-refractivity contribution in [3.63, 3.8) is 0 Å². The van der Waals surface area contributed by atoms with E-state index < -0.39 is 0 Å². The lowest BCUT2D eigenvalue weighted by Gasteiger charge is -2.37. The third-order valence-corrected chi connectivity index (χ3v) is 5.15. The second-order valence-corrected chi connectivity index (χ2v) is 6.76. The summed E-state index contributed by atoms with van der Waals surface area (Å²) < 4.78 is 3.92. The first-order valence-electron chi connectivity index (χ1n) is 7.82. The van der Waals surface area contributed by atoms with Crippen LogP contribution in [0.25, 0.3) is 0 Å². The van der Waals surface area contributed by atoms with E-state index >= 15 is 0 Å². The Morgan fingerprint density at radius 3 is 2.65 bits per heavy atom. The molecule has 6 nitrogen and oxygen atoms in total. The third kappa shape index (κ3) is 3.73. The average Bonchev–Trinajstić information content (AvgIpc) is 3.00. The Balaban J connectivity index is 1.84. The van der Waals surface area contributed by atoms with Crippen molar-refractivity contribution >= 4 is 17.4 Å². The molecule has 0 atom stereocenters. The summed E-state index contributed by atoms with van der Waals surface area (Å²) in [6.45, 7) is 4.48. The van der Waals surface area contributed by atoms with Gasteiger partial charge >= 0.3 is 0 Å². The maximum Gasteiger partial charge on any atom is 0.268 e. The van der Waals surface area contributed by atoms with Crippen LogP contribution < -0.4 is 0 Å². The Morgan fingerprint density at radius 2 is 2.04 bits per heavy atom. The lowest BCUT2D eigenvalue weighted by molar-refractivity contribution is 0.0573. The molecule has 0 N–H and O–H groups in total. The van der Waals surface area contributed by atoms with Crippen LogP contribution >= 0.6 is 11.5 Å². The molecule has 0 unspecified atom stereocenters. The Morgan fingerprint density at radius 1 is 1.35 bits per heavy atom. The summed E-state index contributed by atoms with van der Waals surface area (Å²) in [4.78, 5) is 22.0. The van der Waals surface area contributed by atoms with Crippen molar-refractivity contribution in [3.8, 4) is 0 Å². The number of aromatic nitrogens is 3. The van der Waals surface area contributed by atoms with E-state index in [0.717, 1.165) is 31.5 Å². The van der Waals surface area contributed by atoms with Gasteiger partial charge in [-0.05, 0) is 69.1 Å². The van der Waals surface area contributed by atoms with E-state index in [1.165, 1.54) is 11.5 Å². The quantitative estimate of drug-likeness (QED) is 0.857. The van der Waals surface area contributed by atoms with Gasteiger partial charge in [0.25, 0.3) is 5.91 Å². The molecule has 23 heavy (non-hydrogen) atoms. The van der Waals surface area contributed by atoms with E-state index in [1.54, 1.807) is 12.4 Å². The molecule has 0 spiro atoms. The summed E-state index contributed by atoms with van der Waals surface area (Å²) >= 11 is 1.19. The van der Waals surface area contributed by atoms with Gasteiger partial charge in [-0.2, -0.15) is 0 Å². The van der Waals surface area contributed by atoms with E-state index in [1.807, 2.05) is 24.0 Å². The smallest absolute Gasteiger partial charge is 0.268 e. The van der Waals surface area contributed by atoms with E-state index in [0.29, 0.717) is 17.1 Å². The highest BCUT2D eigenvalue weighted by atomic mass is 32.1. The van der Waals surface area contributed by atoms with E-state index in [2.05, 4.69) is 26.5 Å². The number of likely N-dealkylation sites (tertiary alicyclic amines) is 1. The second kappa shape index (κ2) is 7.14. The predicted octanol–water partition coefficient (Wildman–Crippen LogP) is 1.98. The molecule has 122 valence electrons. The maximum absolute atomic E-state index is 13.0. The molecule has 1 aliphatic rings. The Hall–Kier alpha value is -1.86. The molecule has 1 fully saturated rings. The highest BCUT2D eigenvalue weighted by Crippen LogP contribution is 2.23. The highest BCUT2D eigenvalue weighted by Gasteiger charge is 2.29. The van der Waals surface area contributed by atoms with Crippen molar-refractivity contribution in [2.75, 3.05) is 20.1 Å². The lowest BCUT2D eigenvalue weighted by atomic mass is 10.0. The standard InChI is InChI=1S/C16H21N5OS/c1-12-15(23-19-18-12)16(22)21(11-13-3-7-17-8-4-13)14-5-9-20(2)10-6-14/h3-4,7-8,14H,5-6,9-11H2,1-2H3. The molecular weight excluding hydrogens is 310 g/mol. The maximum atomic E-state index is 13.0. The van der Waals surface area contributed by atoms with Crippen molar-refractivity contribution < 1.29 is 4.79 Å². The summed E-state index contributed by atoms with van der Waals surface area (Å²) in [5, 5.41) is 3.99. The molecule has 0 aromatic carbocycles. The molecule has 7 heteroatoms. The molecule has 2 aromatic rings. The van der Waals surface area contributed by atoms with Crippen LogP contribution in [0, 0.1) is 6.92 Å². The van der Waals surface area contributed by atoms with Crippen LogP contribution in [-0.2, 0) is 6.54 Å². The zero-order chi connectivity index (χ0) is 16.2. The Bertz CT molecular complexity index is 652. The molecule has 1 amide bonds. The molecule has 0 radical (unpaired) electrons. The van der Waals surface area contributed by atoms with Crippen LogP contribution in [0.3, 0.4) is 0 Å². The van der Waals surface area contributed by atoms with Crippen LogP contribution in [0.15, 0.2) is 24.5 Å². The van der Waals surface area contributed by atoms with Crippen molar-refractivity contribution in [1.82, 2.24) is 24.4 Å². The average molecular weight is 331 g/mol. The van der Waals surface area contributed by atoms with Gasteiger partial charge in [-0.3, -0.25) is 9.78 Å². The normalized spacial score (nSPS) is 16.4. The first-order chi connectivity index (χ1) is 11.1. The Kier molecular flexibility index (Phi) is 4.97. The number of aryl methyl sites for hydroxylation is 1. The molecule has 1 aliphatic heterocycles. The summed E-state index contributed by atoms with van der Waals surface area (Å²) in [6.07, 6.45) is 5.54. The summed E-state index contributed by atoms with van der Waals surface area (Å²) in [7, 11) is 2.13. The van der Waals surface area contributed by atoms with Gasteiger partial charge in [0.15, 0.2) is 0 Å². The highest BCUT2D eigenvalue weighted by molar-refractivity contribution is 7.07. The SMILES string of the molecule is Cc1nnsc1C(=O)N(Cc1ccncc1)C1CCN(C)CC1. The number of amides is 1. The van der Waals surface area contributed by atoms with Crippen molar-refractivity contribution in [1.29, 1.82) is 0 Å². The third-order valence-electron chi connectivity index (χ3n) is 4.34. The van der Waals surface area contributed by atoms with Gasteiger partial charge in [-0.15, -0.1) is 5.10 Å². The van der Waals surface area contributed by atoms with E-state index in [4.69, 9.17) is 0 Å². The first kappa shape index (κ1) is 16.0. The van der Waals surface area contributed by atoms with Crippen LogP contribution in [0.5, 0.6) is 0 Å². The summed E-state index contributed by atoms with van der Waals surface area (Å²) in [6, 6.07) is 4.19. The topological polar surface area (TPSA) is 62.2 Å². The van der Waals surface area contributed by atoms with Gasteiger partial charge < -0.3 is 9.80 Å². The monoisotopic (exact) mass is 331 g/mol. The number of hydrogen-bond donors (Lipinski definition) is 0. The number of pyridine rings is 1. The number of carbonyl (C=O) groups excluding carboxylic acids is 1. The van der Waals surface area contributed by atoms with Crippen LogP contribution in [-0.4, -0.2) is 56.5 Å². The van der Waals surface area contributed by atoms with E-state index in [9.17, 15) is 4.79 Å². The molecule has 2 aromatic heterocycles. The van der Waals surface area contributed by atoms with Crippen LogP contribution in [0.2, 0.25) is 0 Å². The fraction of sp³-hybridized carbons (Fsp3) is 0.500. The second-order valence-electron chi connectivity index (χ2n) is 6.01. The van der Waals surface area contributed by atoms with Crippen LogP contribution in [0.4, 0.5) is 0 Å². The van der Waals surface area contributed by atoms with Gasteiger partial charge in [-0.25, -0.2) is 0 Å². The van der Waals surface area contributed by atoms with Gasteiger partial charge in [0.2, 0.25) is 0 Å². The number of rotatable bonds is 4. The molecule has 0 bridgehead atoms. The first-order valence-corrected chi connectivity index (χ1v) is 8.60. The molecule has 0 aliphatic carbocycles. The molecule has 3 heterocycles. The summed E-state index contributed by atoms with van der Waals surface area (Å²) in [5.74, 6) is 0.0452. The van der Waals surface area contributed by atoms with Crippen molar-refractivity contribution in [3.05, 3.63) is 40.7 Å². The molecule has 1 saturated heterocycles. The Labute approximate surface area is 140 Å². The van der Waals surface area contributed by atoms with E-state index in [-0.39, 0.29) is 11.9 Å². The minimum absolute atomic E-state index is 0.0452. The van der Waals surface area contributed by atoms with Crippen molar-refractivity contribution in [2.45, 2.75) is 32.4 Å². The minimum Gasteiger partial charge on any atom is -0.330 e. The van der Waals surface area contributed by atoms with Crippen LogP contribution in [0.1, 0.15) is 33.8 Å². The lowest BCUT2D eigenvalue weighted by Crippen LogP contribution is -2.46. The molecule has 0 saturated carbocycles. The minimum atomic E-state index is 0.0452. The number of carbonyl (C=O) groups is 1. The predicted molar refractivity (Wildman–Crippen MR) is 89.3 cm³/mol.